The van der Waals surface area contributed by atoms with E-state index in [1.807, 2.05) is 91.0 Å². The zero-order valence-electron chi connectivity index (χ0n) is 44.7. The Morgan fingerprint density at radius 3 is 1.69 bits per heavy atom. The van der Waals surface area contributed by atoms with Gasteiger partial charge in [0.1, 0.15) is 6.10 Å². The van der Waals surface area contributed by atoms with Crippen molar-refractivity contribution in [3.05, 3.63) is 119 Å². The molecule has 4 N–H and O–H groups in total. The van der Waals surface area contributed by atoms with Crippen molar-refractivity contribution in [2.75, 3.05) is 0 Å². The first kappa shape index (κ1) is 54.7. The van der Waals surface area contributed by atoms with Crippen molar-refractivity contribution in [3.8, 4) is 0 Å². The van der Waals surface area contributed by atoms with Gasteiger partial charge in [0.25, 0.3) is 0 Å². The van der Waals surface area contributed by atoms with Crippen LogP contribution in [0.4, 0.5) is 0 Å². The first-order valence-electron chi connectivity index (χ1n) is 28.9. The average Bonchev–Trinajstić information content (AvgIpc) is 3.73. The lowest BCUT2D eigenvalue weighted by molar-refractivity contribution is -0.205. The molecule has 5 heteroatoms. The number of aliphatic hydroxyl groups is 4. The Hall–Kier alpha value is -3.09. The Balaban J connectivity index is 1.22. The van der Waals surface area contributed by atoms with Crippen molar-refractivity contribution in [3.63, 3.8) is 0 Å². The zero-order chi connectivity index (χ0) is 49.9. The topological polar surface area (TPSA) is 98.0 Å². The van der Waals surface area contributed by atoms with E-state index in [9.17, 15) is 20.4 Å². The van der Waals surface area contributed by atoms with Crippen molar-refractivity contribution in [2.45, 2.75) is 225 Å². The van der Waals surface area contributed by atoms with Crippen LogP contribution in [0.1, 0.15) is 212 Å². The van der Waals surface area contributed by atoms with Gasteiger partial charge < -0.3 is 20.4 Å². The first-order valence-corrected chi connectivity index (χ1v) is 28.9. The smallest absolute Gasteiger partial charge is 0.176 e. The minimum Gasteiger partial charge on any atom is -0.393 e. The van der Waals surface area contributed by atoms with E-state index in [-0.39, 0.29) is 24.2 Å². The van der Waals surface area contributed by atoms with E-state index < -0.39 is 46.4 Å². The molecule has 0 amide bonds. The SMILES string of the molecule is CCCCCCCCCCCCCCCC(=O)C(O)(C(O)C1C[C@H](O)CC2=CC[C@H]3[C@@H]4CC[C@H]([C@H](C)CCCC(C)C)[C@@]4(C)CC[C@@H]3[C@@]21C)C(O)C(c1ccccc1)(c1ccccc1)c1ccccc1. The van der Waals surface area contributed by atoms with Crippen LogP contribution >= 0.6 is 0 Å². The highest BCUT2D eigenvalue weighted by Gasteiger charge is 2.67. The molecule has 0 heterocycles. The maximum absolute atomic E-state index is 15.6. The van der Waals surface area contributed by atoms with E-state index in [1.165, 1.54) is 89.9 Å². The van der Waals surface area contributed by atoms with Gasteiger partial charge in [0.2, 0.25) is 0 Å². The molecule has 0 saturated heterocycles. The number of fused-ring (bicyclic) bond motifs is 5. The summed E-state index contributed by atoms with van der Waals surface area (Å²) in [6.45, 7) is 14.4. The average molecular weight is 957 g/mol. The number of Topliss-reactive ketones (excluding diaryl/α,β-unsaturated/α-hetero) is 1. The predicted octanol–water partition coefficient (Wildman–Crippen LogP) is 15.2. The van der Waals surface area contributed by atoms with Crippen molar-refractivity contribution < 1.29 is 25.2 Å². The second-order valence-corrected chi connectivity index (χ2v) is 24.3. The minimum absolute atomic E-state index is 0.0503. The van der Waals surface area contributed by atoms with Crippen LogP contribution in [0.3, 0.4) is 0 Å². The van der Waals surface area contributed by atoms with Gasteiger partial charge in [0.05, 0.1) is 17.6 Å². The van der Waals surface area contributed by atoms with Crippen LogP contribution in [-0.2, 0) is 10.2 Å². The zero-order valence-corrected chi connectivity index (χ0v) is 44.7. The van der Waals surface area contributed by atoms with Crippen LogP contribution in [0, 0.1) is 52.3 Å². The third-order valence-corrected chi connectivity index (χ3v) is 19.8. The number of hydrogen-bond donors (Lipinski definition) is 4. The Labute approximate surface area is 425 Å². The van der Waals surface area contributed by atoms with Gasteiger partial charge in [-0.2, -0.15) is 0 Å². The largest absolute Gasteiger partial charge is 0.393 e. The highest BCUT2D eigenvalue weighted by atomic mass is 16.4. The van der Waals surface area contributed by atoms with Crippen molar-refractivity contribution in [1.82, 2.24) is 0 Å². The molecule has 386 valence electrons. The summed E-state index contributed by atoms with van der Waals surface area (Å²) in [5.74, 6) is 2.15. The number of aliphatic hydroxyl groups excluding tert-OH is 3. The molecule has 7 rings (SSSR count). The van der Waals surface area contributed by atoms with E-state index >= 15 is 4.79 Å². The Bertz CT molecular complexity index is 1970. The lowest BCUT2D eigenvalue weighted by Gasteiger charge is -2.62. The normalized spacial score (nSPS) is 28.8. The molecule has 0 aliphatic heterocycles. The highest BCUT2D eigenvalue weighted by Crippen LogP contribution is 2.69. The van der Waals surface area contributed by atoms with Crippen LogP contribution in [-0.4, -0.2) is 50.1 Å². The fraction of sp³-hybridized carbons (Fsp3) is 0.677. The van der Waals surface area contributed by atoms with Gasteiger partial charge in [0, 0.05) is 12.3 Å². The van der Waals surface area contributed by atoms with Crippen molar-refractivity contribution in [2.24, 2.45) is 52.3 Å². The molecule has 0 radical (unpaired) electrons. The van der Waals surface area contributed by atoms with Gasteiger partial charge in [-0.3, -0.25) is 4.79 Å². The van der Waals surface area contributed by atoms with Gasteiger partial charge in [-0.15, -0.1) is 0 Å². The summed E-state index contributed by atoms with van der Waals surface area (Å²) in [6, 6.07) is 29.4. The van der Waals surface area contributed by atoms with E-state index in [2.05, 4.69) is 47.6 Å². The standard InChI is InChI=1S/C65H96O5/c1-7-8-9-10-11-12-13-14-15-16-17-18-28-38-59(67)65(70,61(69)64(49-32-22-19-23-33-49,50-34-24-20-25-35-50)51-36-26-21-27-37-51)60(68)58-46-53(66)45-52-39-40-54-56-42-41-55(48(4)31-29-30-47(2)3)62(56,5)44-43-57(54)63(52,58)6/h19-27,32-37,39,47-48,53-58,60-61,66,68-70H,7-18,28-31,38,40-46H2,1-6H3/t48-,53-,54+,55-,56+,57+,58?,60?,61?,62-,63-,65?/m1/s1. The number of rotatable bonds is 27. The molecule has 4 unspecified atom stereocenters. The third kappa shape index (κ3) is 11.2. The van der Waals surface area contributed by atoms with E-state index in [4.69, 9.17) is 0 Å². The molecular formula is C65H96O5. The van der Waals surface area contributed by atoms with Gasteiger partial charge in [-0.1, -0.05) is 240 Å². The van der Waals surface area contributed by atoms with Crippen LogP contribution in [0.15, 0.2) is 103 Å². The molecule has 70 heavy (non-hydrogen) atoms. The molecular weight excluding hydrogens is 861 g/mol. The number of benzene rings is 3. The molecule has 12 atom stereocenters. The number of carbonyl (C=O) groups is 1. The monoisotopic (exact) mass is 957 g/mol. The number of hydrogen-bond acceptors (Lipinski definition) is 5. The van der Waals surface area contributed by atoms with E-state index in [0.717, 1.165) is 66.7 Å². The van der Waals surface area contributed by atoms with Crippen molar-refractivity contribution >= 4 is 5.78 Å². The molecule has 0 spiro atoms. The van der Waals surface area contributed by atoms with Crippen LogP contribution < -0.4 is 0 Å². The molecule has 3 aromatic rings. The first-order chi connectivity index (χ1) is 33.7. The Morgan fingerprint density at radius 2 is 1.17 bits per heavy atom. The summed E-state index contributed by atoms with van der Waals surface area (Å²) in [5.41, 5.74) is -1.00. The molecule has 3 fully saturated rings. The molecule has 4 aliphatic carbocycles. The highest BCUT2D eigenvalue weighted by molar-refractivity contribution is 5.89. The van der Waals surface area contributed by atoms with Gasteiger partial charge in [-0.05, 0) is 114 Å². The van der Waals surface area contributed by atoms with Gasteiger partial charge in [-0.25, -0.2) is 0 Å². The lowest BCUT2D eigenvalue weighted by Crippen LogP contribution is -2.69. The quantitative estimate of drug-likeness (QED) is 0.0347. The summed E-state index contributed by atoms with van der Waals surface area (Å²) >= 11 is 0. The molecule has 0 bridgehead atoms. The number of unbranched alkanes of at least 4 members (excludes halogenated alkanes) is 12. The van der Waals surface area contributed by atoms with Crippen LogP contribution in [0.5, 0.6) is 0 Å². The second kappa shape index (κ2) is 24.8. The fourth-order valence-corrected chi connectivity index (χ4v) is 16.0. The van der Waals surface area contributed by atoms with Crippen LogP contribution in [0.25, 0.3) is 0 Å². The third-order valence-electron chi connectivity index (χ3n) is 19.8. The summed E-state index contributed by atoms with van der Waals surface area (Å²) in [5, 5.41) is 53.3. The van der Waals surface area contributed by atoms with E-state index in [1.54, 1.807) is 0 Å². The molecule has 3 saturated carbocycles. The maximum Gasteiger partial charge on any atom is 0.176 e. The molecule has 4 aliphatic rings. The van der Waals surface area contributed by atoms with E-state index in [0.29, 0.717) is 36.5 Å². The number of carbonyl (C=O) groups excluding carboxylic acids is 1. The van der Waals surface area contributed by atoms with Gasteiger partial charge in [0.15, 0.2) is 11.4 Å². The van der Waals surface area contributed by atoms with Crippen LogP contribution in [0.2, 0.25) is 0 Å². The Kier molecular flexibility index (Phi) is 19.3. The molecule has 0 aromatic heterocycles. The number of ketones is 1. The second-order valence-electron chi connectivity index (χ2n) is 24.3. The summed E-state index contributed by atoms with van der Waals surface area (Å²) in [6.07, 6.45) is 23.8. The lowest BCUT2D eigenvalue weighted by atomic mass is 9.43. The molecule has 3 aromatic carbocycles. The maximum atomic E-state index is 15.6. The molecule has 5 nitrogen and oxygen atoms in total. The fourth-order valence-electron chi connectivity index (χ4n) is 16.0. The van der Waals surface area contributed by atoms with Crippen molar-refractivity contribution in [1.29, 1.82) is 0 Å². The summed E-state index contributed by atoms with van der Waals surface area (Å²) in [7, 11) is 0. The Morgan fingerprint density at radius 1 is 0.657 bits per heavy atom. The number of allylic oxidation sites excluding steroid dienone is 1. The summed E-state index contributed by atoms with van der Waals surface area (Å²) < 4.78 is 0. The summed E-state index contributed by atoms with van der Waals surface area (Å²) in [4.78, 5) is 15.6. The van der Waals surface area contributed by atoms with Gasteiger partial charge >= 0.3 is 0 Å². The minimum atomic E-state index is -2.59. The predicted molar refractivity (Wildman–Crippen MR) is 289 cm³/mol.